The Morgan fingerprint density at radius 1 is 0.846 bits per heavy atom. The number of nitrogens with zero attached hydrogens (tertiary/aromatic N) is 2. The molecule has 0 fully saturated rings. The van der Waals surface area contributed by atoms with Crippen LogP contribution in [-0.2, 0) is 18.5 Å². The summed E-state index contributed by atoms with van der Waals surface area (Å²) in [5, 5.41) is 0. The standard InChI is InChI=1S/C13H4BrF9N2O/c14-7-2-5(11(15,16)17)1-6(12(18,19)20)10(7)25-4-24-8(3-9(25)26)13(21,22)23/h1-4H. The fourth-order valence-corrected chi connectivity index (χ4v) is 2.60. The van der Waals surface area contributed by atoms with E-state index in [2.05, 4.69) is 20.9 Å². The second kappa shape index (κ2) is 6.28. The molecule has 3 nitrogen and oxygen atoms in total. The van der Waals surface area contributed by atoms with Gasteiger partial charge in [0.25, 0.3) is 5.56 Å². The number of hydrogen-bond acceptors (Lipinski definition) is 2. The normalized spacial score (nSPS) is 13.2. The van der Waals surface area contributed by atoms with Crippen molar-refractivity contribution in [3.63, 3.8) is 0 Å². The van der Waals surface area contributed by atoms with Crippen LogP contribution >= 0.6 is 15.9 Å². The summed E-state index contributed by atoms with van der Waals surface area (Å²) in [6, 6.07) is -0.0385. The first-order valence-corrected chi connectivity index (χ1v) is 7.06. The Morgan fingerprint density at radius 2 is 1.42 bits per heavy atom. The van der Waals surface area contributed by atoms with Crippen LogP contribution in [0.4, 0.5) is 39.5 Å². The highest BCUT2D eigenvalue weighted by Crippen LogP contribution is 2.41. The summed E-state index contributed by atoms with van der Waals surface area (Å²) in [6.07, 6.45) is -15.3. The van der Waals surface area contributed by atoms with Crippen LogP contribution in [0.2, 0.25) is 0 Å². The summed E-state index contributed by atoms with van der Waals surface area (Å²) in [4.78, 5) is 14.7. The second-order valence-electron chi connectivity index (χ2n) is 4.83. The molecule has 1 heterocycles. The van der Waals surface area contributed by atoms with Crippen molar-refractivity contribution in [2.75, 3.05) is 0 Å². The fraction of sp³-hybridized carbons (Fsp3) is 0.231. The van der Waals surface area contributed by atoms with Gasteiger partial charge in [-0.1, -0.05) is 0 Å². The Labute approximate surface area is 146 Å². The number of alkyl halides is 9. The minimum Gasteiger partial charge on any atom is -0.269 e. The molecule has 0 unspecified atom stereocenters. The van der Waals surface area contributed by atoms with Gasteiger partial charge in [-0.2, -0.15) is 39.5 Å². The van der Waals surface area contributed by atoms with E-state index in [4.69, 9.17) is 0 Å². The van der Waals surface area contributed by atoms with Crippen LogP contribution in [0.15, 0.2) is 33.8 Å². The lowest BCUT2D eigenvalue weighted by Gasteiger charge is -2.19. The maximum atomic E-state index is 13.2. The third-order valence-corrected chi connectivity index (χ3v) is 3.64. The van der Waals surface area contributed by atoms with Gasteiger partial charge in [0, 0.05) is 10.5 Å². The van der Waals surface area contributed by atoms with Crippen molar-refractivity contribution in [2.45, 2.75) is 18.5 Å². The van der Waals surface area contributed by atoms with E-state index in [-0.39, 0.29) is 29.1 Å². The molecule has 0 aliphatic rings. The zero-order valence-corrected chi connectivity index (χ0v) is 13.5. The molecule has 0 saturated heterocycles. The van der Waals surface area contributed by atoms with Gasteiger partial charge >= 0.3 is 18.5 Å². The average Bonchev–Trinajstić information content (AvgIpc) is 2.44. The van der Waals surface area contributed by atoms with Crippen molar-refractivity contribution in [2.24, 2.45) is 0 Å². The zero-order chi connectivity index (χ0) is 20.1. The Kier molecular flexibility index (Phi) is 4.90. The lowest BCUT2D eigenvalue weighted by molar-refractivity contribution is -0.144. The molecule has 26 heavy (non-hydrogen) atoms. The summed E-state index contributed by atoms with van der Waals surface area (Å²) in [6.45, 7) is 0. The lowest BCUT2D eigenvalue weighted by Crippen LogP contribution is -2.25. The van der Waals surface area contributed by atoms with E-state index in [9.17, 15) is 44.3 Å². The SMILES string of the molecule is O=c1cc(C(F)(F)F)ncn1-c1c(Br)cc(C(F)(F)F)cc1C(F)(F)F. The van der Waals surface area contributed by atoms with Crippen LogP contribution in [0, 0.1) is 0 Å². The molecule has 0 atom stereocenters. The van der Waals surface area contributed by atoms with Gasteiger partial charge in [-0.3, -0.25) is 9.36 Å². The first-order valence-electron chi connectivity index (χ1n) is 6.26. The molecule has 142 valence electrons. The largest absolute Gasteiger partial charge is 0.433 e. The molecule has 13 heteroatoms. The summed E-state index contributed by atoms with van der Waals surface area (Å²) >= 11 is 2.50. The highest BCUT2D eigenvalue weighted by atomic mass is 79.9. The lowest BCUT2D eigenvalue weighted by atomic mass is 10.1. The minimum absolute atomic E-state index is 0.0652. The topological polar surface area (TPSA) is 34.9 Å². The van der Waals surface area contributed by atoms with E-state index < -0.39 is 51.1 Å². The van der Waals surface area contributed by atoms with Gasteiger partial charge in [0.15, 0.2) is 5.69 Å². The van der Waals surface area contributed by atoms with Crippen LogP contribution in [0.1, 0.15) is 16.8 Å². The minimum atomic E-state index is -5.33. The molecule has 2 rings (SSSR count). The van der Waals surface area contributed by atoms with E-state index in [1.54, 1.807) is 0 Å². The average molecular weight is 455 g/mol. The van der Waals surface area contributed by atoms with E-state index in [1.807, 2.05) is 0 Å². The van der Waals surface area contributed by atoms with Crippen LogP contribution in [0.5, 0.6) is 0 Å². The molecule has 0 radical (unpaired) electrons. The Hall–Kier alpha value is -2.05. The number of halogens is 10. The summed E-state index contributed by atoms with van der Waals surface area (Å²) < 4.78 is 115. The van der Waals surface area contributed by atoms with E-state index >= 15 is 0 Å². The molecular formula is C13H4BrF9N2O. The van der Waals surface area contributed by atoms with Gasteiger partial charge in [-0.25, -0.2) is 4.98 Å². The quantitative estimate of drug-likeness (QED) is 0.565. The highest BCUT2D eigenvalue weighted by Gasteiger charge is 2.40. The van der Waals surface area contributed by atoms with Gasteiger partial charge in [0.1, 0.15) is 6.33 Å². The maximum absolute atomic E-state index is 13.2. The van der Waals surface area contributed by atoms with Crippen molar-refractivity contribution in [3.05, 3.63) is 56.2 Å². The Balaban J connectivity index is 2.80. The molecule has 0 spiro atoms. The van der Waals surface area contributed by atoms with Crippen molar-refractivity contribution < 1.29 is 39.5 Å². The zero-order valence-electron chi connectivity index (χ0n) is 11.9. The summed E-state index contributed by atoms with van der Waals surface area (Å²) in [5.41, 5.74) is -7.86. The summed E-state index contributed by atoms with van der Waals surface area (Å²) in [5.74, 6) is 0. The molecule has 0 bridgehead atoms. The molecule has 1 aromatic carbocycles. The Morgan fingerprint density at radius 3 is 1.85 bits per heavy atom. The molecular weight excluding hydrogens is 451 g/mol. The first-order chi connectivity index (χ1) is 11.6. The molecule has 0 saturated carbocycles. The highest BCUT2D eigenvalue weighted by molar-refractivity contribution is 9.10. The van der Waals surface area contributed by atoms with Crippen molar-refractivity contribution in [1.29, 1.82) is 0 Å². The van der Waals surface area contributed by atoms with E-state index in [0.717, 1.165) is 0 Å². The number of hydrogen-bond donors (Lipinski definition) is 0. The van der Waals surface area contributed by atoms with Crippen LogP contribution < -0.4 is 5.56 Å². The third kappa shape index (κ3) is 4.02. The molecule has 0 N–H and O–H groups in total. The first kappa shape index (κ1) is 20.3. The monoisotopic (exact) mass is 454 g/mol. The summed E-state index contributed by atoms with van der Waals surface area (Å²) in [7, 11) is 0. The van der Waals surface area contributed by atoms with E-state index in [0.29, 0.717) is 0 Å². The van der Waals surface area contributed by atoms with Gasteiger partial charge in [-0.15, -0.1) is 0 Å². The Bertz CT molecular complexity index is 896. The number of benzene rings is 1. The van der Waals surface area contributed by atoms with Crippen LogP contribution in [0.3, 0.4) is 0 Å². The van der Waals surface area contributed by atoms with Crippen molar-refractivity contribution >= 4 is 15.9 Å². The van der Waals surface area contributed by atoms with E-state index in [1.165, 1.54) is 0 Å². The fourth-order valence-electron chi connectivity index (χ4n) is 1.95. The smallest absolute Gasteiger partial charge is 0.269 e. The maximum Gasteiger partial charge on any atom is 0.433 e. The number of rotatable bonds is 1. The second-order valence-corrected chi connectivity index (χ2v) is 5.68. The molecule has 1 aromatic heterocycles. The van der Waals surface area contributed by atoms with Crippen molar-refractivity contribution in [1.82, 2.24) is 9.55 Å². The molecule has 0 amide bonds. The number of aromatic nitrogens is 2. The predicted octanol–water partition coefficient (Wildman–Crippen LogP) is 5.05. The van der Waals surface area contributed by atoms with Gasteiger partial charge < -0.3 is 0 Å². The van der Waals surface area contributed by atoms with Crippen LogP contribution in [-0.4, -0.2) is 9.55 Å². The third-order valence-electron chi connectivity index (χ3n) is 3.04. The van der Waals surface area contributed by atoms with Gasteiger partial charge in [0.2, 0.25) is 0 Å². The van der Waals surface area contributed by atoms with Gasteiger partial charge in [0.05, 0.1) is 16.8 Å². The molecule has 0 aliphatic heterocycles. The van der Waals surface area contributed by atoms with Crippen molar-refractivity contribution in [3.8, 4) is 5.69 Å². The van der Waals surface area contributed by atoms with Crippen LogP contribution in [0.25, 0.3) is 5.69 Å². The predicted molar refractivity (Wildman–Crippen MR) is 72.5 cm³/mol. The molecule has 2 aromatic rings. The van der Waals surface area contributed by atoms with Gasteiger partial charge in [-0.05, 0) is 28.1 Å². The molecule has 0 aliphatic carbocycles.